The molecule has 0 atom stereocenters. The average molecular weight is 352 g/mol. The summed E-state index contributed by atoms with van der Waals surface area (Å²) in [6, 6.07) is 14.9. The highest BCUT2D eigenvalue weighted by molar-refractivity contribution is 5.94. The highest BCUT2D eigenvalue weighted by Crippen LogP contribution is 2.30. The van der Waals surface area contributed by atoms with Gasteiger partial charge in [0.05, 0.1) is 0 Å². The minimum Gasteiger partial charge on any atom is -0.484 e. The molecule has 5 heteroatoms. The standard InChI is InChI=1S/C21H24N2O3/c1-14(2)16-5-3-6-17(11-16)22-20(24)13-26-19-8-4-7-18(12-19)23-21(25)15-9-10-15/h3-8,11-12,14-15H,9-10,13H2,1-2H3,(H,22,24)(H,23,25). The number of amides is 2. The van der Waals surface area contributed by atoms with Crippen LogP contribution in [0.1, 0.15) is 38.2 Å². The molecular formula is C21H24N2O3. The number of carbonyl (C=O) groups is 2. The summed E-state index contributed by atoms with van der Waals surface area (Å²) in [5.41, 5.74) is 2.61. The summed E-state index contributed by atoms with van der Waals surface area (Å²) in [6.45, 7) is 4.13. The predicted octanol–water partition coefficient (Wildman–Crippen LogP) is 4.18. The topological polar surface area (TPSA) is 67.4 Å². The molecule has 0 saturated heterocycles. The Kier molecular flexibility index (Phi) is 5.56. The number of carbonyl (C=O) groups excluding carboxylic acids is 2. The van der Waals surface area contributed by atoms with Crippen molar-refractivity contribution in [2.75, 3.05) is 17.2 Å². The summed E-state index contributed by atoms with van der Waals surface area (Å²) >= 11 is 0. The van der Waals surface area contributed by atoms with Gasteiger partial charge < -0.3 is 15.4 Å². The van der Waals surface area contributed by atoms with E-state index in [0.29, 0.717) is 17.4 Å². The highest BCUT2D eigenvalue weighted by Gasteiger charge is 2.29. The molecule has 1 fully saturated rings. The summed E-state index contributed by atoms with van der Waals surface area (Å²) in [4.78, 5) is 23.9. The van der Waals surface area contributed by atoms with E-state index in [1.54, 1.807) is 18.2 Å². The molecule has 26 heavy (non-hydrogen) atoms. The fourth-order valence-corrected chi connectivity index (χ4v) is 2.57. The van der Waals surface area contributed by atoms with Crippen LogP contribution in [0.5, 0.6) is 5.75 Å². The van der Waals surface area contributed by atoms with E-state index in [-0.39, 0.29) is 24.3 Å². The maximum Gasteiger partial charge on any atom is 0.262 e. The van der Waals surface area contributed by atoms with Gasteiger partial charge in [0.2, 0.25) is 5.91 Å². The van der Waals surface area contributed by atoms with E-state index in [1.165, 1.54) is 5.56 Å². The van der Waals surface area contributed by atoms with Gasteiger partial charge in [-0.15, -0.1) is 0 Å². The second kappa shape index (κ2) is 8.04. The highest BCUT2D eigenvalue weighted by atomic mass is 16.5. The SMILES string of the molecule is CC(C)c1cccc(NC(=O)COc2cccc(NC(=O)C3CC3)c2)c1. The molecule has 136 valence electrons. The minimum absolute atomic E-state index is 0.0462. The number of benzene rings is 2. The van der Waals surface area contributed by atoms with Crippen molar-refractivity contribution in [2.45, 2.75) is 32.6 Å². The first-order chi connectivity index (χ1) is 12.5. The second-order valence-electron chi connectivity index (χ2n) is 6.91. The molecule has 0 spiro atoms. The Morgan fingerprint density at radius 1 is 1.04 bits per heavy atom. The number of ether oxygens (including phenoxy) is 1. The average Bonchev–Trinajstić information content (AvgIpc) is 3.46. The molecule has 3 rings (SSSR count). The molecule has 2 aromatic carbocycles. The first-order valence-electron chi connectivity index (χ1n) is 8.95. The van der Waals surface area contributed by atoms with Crippen LogP contribution in [0.4, 0.5) is 11.4 Å². The normalized spacial score (nSPS) is 13.3. The molecule has 0 aromatic heterocycles. The lowest BCUT2D eigenvalue weighted by molar-refractivity contribution is -0.118. The van der Waals surface area contributed by atoms with Crippen molar-refractivity contribution < 1.29 is 14.3 Å². The van der Waals surface area contributed by atoms with Crippen molar-refractivity contribution >= 4 is 23.2 Å². The second-order valence-corrected chi connectivity index (χ2v) is 6.91. The monoisotopic (exact) mass is 352 g/mol. The van der Waals surface area contributed by atoms with Crippen LogP contribution in [0.3, 0.4) is 0 Å². The van der Waals surface area contributed by atoms with Crippen molar-refractivity contribution in [3.05, 3.63) is 54.1 Å². The first kappa shape index (κ1) is 18.0. The lowest BCUT2D eigenvalue weighted by atomic mass is 10.0. The summed E-state index contributed by atoms with van der Waals surface area (Å²) in [5, 5.41) is 5.71. The van der Waals surface area contributed by atoms with Gasteiger partial charge in [-0.2, -0.15) is 0 Å². The van der Waals surface area contributed by atoms with E-state index in [1.807, 2.05) is 30.3 Å². The molecule has 0 bridgehead atoms. The molecule has 2 N–H and O–H groups in total. The van der Waals surface area contributed by atoms with Crippen LogP contribution < -0.4 is 15.4 Å². The quantitative estimate of drug-likeness (QED) is 0.786. The Labute approximate surface area is 153 Å². The Morgan fingerprint density at radius 3 is 2.42 bits per heavy atom. The van der Waals surface area contributed by atoms with Crippen molar-refractivity contribution in [2.24, 2.45) is 5.92 Å². The van der Waals surface area contributed by atoms with Crippen molar-refractivity contribution in [1.82, 2.24) is 0 Å². The van der Waals surface area contributed by atoms with Gasteiger partial charge in [-0.3, -0.25) is 9.59 Å². The van der Waals surface area contributed by atoms with Crippen LogP contribution in [0.2, 0.25) is 0 Å². The fourth-order valence-electron chi connectivity index (χ4n) is 2.57. The van der Waals surface area contributed by atoms with Crippen LogP contribution in [0, 0.1) is 5.92 Å². The Morgan fingerprint density at radius 2 is 1.73 bits per heavy atom. The van der Waals surface area contributed by atoms with E-state index in [4.69, 9.17) is 4.74 Å². The minimum atomic E-state index is -0.224. The number of rotatable bonds is 7. The number of hydrogen-bond donors (Lipinski definition) is 2. The largest absolute Gasteiger partial charge is 0.484 e. The van der Waals surface area contributed by atoms with Crippen LogP contribution in [0.15, 0.2) is 48.5 Å². The van der Waals surface area contributed by atoms with E-state index in [2.05, 4.69) is 24.5 Å². The van der Waals surface area contributed by atoms with Crippen LogP contribution in [-0.4, -0.2) is 18.4 Å². The van der Waals surface area contributed by atoms with E-state index in [0.717, 1.165) is 18.5 Å². The molecule has 0 aliphatic heterocycles. The maximum atomic E-state index is 12.1. The van der Waals surface area contributed by atoms with Crippen LogP contribution in [-0.2, 0) is 9.59 Å². The number of anilines is 2. The summed E-state index contributed by atoms with van der Waals surface area (Å²) < 4.78 is 5.55. The van der Waals surface area contributed by atoms with E-state index < -0.39 is 0 Å². The summed E-state index contributed by atoms with van der Waals surface area (Å²) in [5.74, 6) is 0.913. The predicted molar refractivity (Wildman–Crippen MR) is 102 cm³/mol. The Bertz CT molecular complexity index is 797. The third-order valence-corrected chi connectivity index (χ3v) is 4.26. The van der Waals surface area contributed by atoms with Crippen LogP contribution in [0.25, 0.3) is 0 Å². The Hall–Kier alpha value is -2.82. The van der Waals surface area contributed by atoms with E-state index >= 15 is 0 Å². The van der Waals surface area contributed by atoms with Gasteiger partial charge in [-0.05, 0) is 48.6 Å². The smallest absolute Gasteiger partial charge is 0.262 e. The summed E-state index contributed by atoms with van der Waals surface area (Å²) in [6.07, 6.45) is 1.92. The molecule has 2 aromatic rings. The van der Waals surface area contributed by atoms with Crippen molar-refractivity contribution in [3.63, 3.8) is 0 Å². The molecule has 5 nitrogen and oxygen atoms in total. The van der Waals surface area contributed by atoms with Crippen molar-refractivity contribution in [3.8, 4) is 5.75 Å². The molecule has 0 heterocycles. The molecular weight excluding hydrogens is 328 g/mol. The molecule has 0 radical (unpaired) electrons. The maximum absolute atomic E-state index is 12.1. The molecule has 1 aliphatic rings. The first-order valence-corrected chi connectivity index (χ1v) is 8.95. The van der Waals surface area contributed by atoms with Gasteiger partial charge in [-0.1, -0.05) is 32.0 Å². The van der Waals surface area contributed by atoms with E-state index in [9.17, 15) is 9.59 Å². The molecule has 1 saturated carbocycles. The third-order valence-electron chi connectivity index (χ3n) is 4.26. The molecule has 0 unspecified atom stereocenters. The van der Waals surface area contributed by atoms with Gasteiger partial charge in [-0.25, -0.2) is 0 Å². The molecule has 2 amide bonds. The van der Waals surface area contributed by atoms with Crippen molar-refractivity contribution in [1.29, 1.82) is 0 Å². The van der Waals surface area contributed by atoms with Gasteiger partial charge in [0, 0.05) is 23.4 Å². The lowest BCUT2D eigenvalue weighted by Crippen LogP contribution is -2.20. The Balaban J connectivity index is 1.52. The fraction of sp³-hybridized carbons (Fsp3) is 0.333. The molecule has 1 aliphatic carbocycles. The summed E-state index contributed by atoms with van der Waals surface area (Å²) in [7, 11) is 0. The number of hydrogen-bond acceptors (Lipinski definition) is 3. The van der Waals surface area contributed by atoms with Gasteiger partial charge in [0.25, 0.3) is 5.91 Å². The zero-order valence-corrected chi connectivity index (χ0v) is 15.1. The van der Waals surface area contributed by atoms with Gasteiger partial charge in [0.1, 0.15) is 5.75 Å². The van der Waals surface area contributed by atoms with Gasteiger partial charge in [0.15, 0.2) is 6.61 Å². The zero-order chi connectivity index (χ0) is 18.5. The lowest BCUT2D eigenvalue weighted by Gasteiger charge is -2.11. The number of nitrogens with one attached hydrogen (secondary N) is 2. The van der Waals surface area contributed by atoms with Gasteiger partial charge >= 0.3 is 0 Å². The van der Waals surface area contributed by atoms with Crippen LogP contribution >= 0.6 is 0 Å². The third kappa shape index (κ3) is 5.09. The zero-order valence-electron chi connectivity index (χ0n) is 15.1.